The molecule has 0 atom stereocenters. The molecule has 0 saturated carbocycles. The van der Waals surface area contributed by atoms with Gasteiger partial charge in [0, 0.05) is 6.21 Å². The lowest BCUT2D eigenvalue weighted by Crippen LogP contribution is -2.08. The Balaban J connectivity index is 2.66. The van der Waals surface area contributed by atoms with Gasteiger partial charge in [0.25, 0.3) is 0 Å². The van der Waals surface area contributed by atoms with Gasteiger partial charge in [-0.1, -0.05) is 0 Å². The average molecular weight is 153 g/mol. The molecule has 11 heavy (non-hydrogen) atoms. The lowest BCUT2D eigenvalue weighted by Gasteiger charge is -2.00. The summed E-state index contributed by atoms with van der Waals surface area (Å²) in [4.78, 5) is 15.0. The van der Waals surface area contributed by atoms with Gasteiger partial charge in [-0.15, -0.1) is 0 Å². The van der Waals surface area contributed by atoms with Gasteiger partial charge in [0.15, 0.2) is 0 Å². The maximum atomic E-state index is 11.1. The average Bonchev–Trinajstić information content (AvgIpc) is 2.36. The normalized spacial score (nSPS) is 15.8. The molecular formula is C8H11NO2. The predicted octanol–water partition coefficient (Wildman–Crippen LogP) is 0.950. The van der Waals surface area contributed by atoms with E-state index in [-0.39, 0.29) is 5.97 Å². The molecule has 0 amide bonds. The molecule has 0 unspecified atom stereocenters. The van der Waals surface area contributed by atoms with E-state index in [1.165, 1.54) is 0 Å². The van der Waals surface area contributed by atoms with E-state index >= 15 is 0 Å². The Morgan fingerprint density at radius 1 is 1.82 bits per heavy atom. The molecule has 3 nitrogen and oxygen atoms in total. The molecule has 1 rings (SSSR count). The molecule has 0 aromatic heterocycles. The first-order valence-corrected chi connectivity index (χ1v) is 3.62. The smallest absolute Gasteiger partial charge is 0.339 e. The van der Waals surface area contributed by atoms with E-state index in [1.807, 2.05) is 6.92 Å². The number of esters is 1. The predicted molar refractivity (Wildman–Crippen MR) is 42.7 cm³/mol. The number of carbonyl (C=O) groups excluding carboxylic acids is 1. The first-order chi connectivity index (χ1) is 5.25. The standard InChI is InChI=1S/C8H11NO2/c1-3-11-8(10)7-5-9-4-6(7)2/h5H,3-4H2,1-2H3. The molecule has 60 valence electrons. The second-order valence-electron chi connectivity index (χ2n) is 2.38. The van der Waals surface area contributed by atoms with Gasteiger partial charge in [0.2, 0.25) is 0 Å². The zero-order valence-corrected chi connectivity index (χ0v) is 6.76. The van der Waals surface area contributed by atoms with Crippen molar-refractivity contribution in [2.75, 3.05) is 13.2 Å². The number of rotatable bonds is 2. The van der Waals surface area contributed by atoms with Crippen LogP contribution in [0, 0.1) is 0 Å². The highest BCUT2D eigenvalue weighted by Gasteiger charge is 2.14. The Kier molecular flexibility index (Phi) is 2.41. The van der Waals surface area contributed by atoms with Crippen LogP contribution >= 0.6 is 0 Å². The van der Waals surface area contributed by atoms with E-state index in [0.29, 0.717) is 18.7 Å². The number of ether oxygens (including phenoxy) is 1. The zero-order valence-electron chi connectivity index (χ0n) is 6.76. The topological polar surface area (TPSA) is 38.7 Å². The molecule has 0 saturated heterocycles. The molecule has 0 bridgehead atoms. The Labute approximate surface area is 65.8 Å². The first kappa shape index (κ1) is 7.98. The summed E-state index contributed by atoms with van der Waals surface area (Å²) in [5.74, 6) is -0.258. The van der Waals surface area contributed by atoms with Crippen LogP contribution in [0.1, 0.15) is 13.8 Å². The van der Waals surface area contributed by atoms with Crippen LogP contribution in [0.2, 0.25) is 0 Å². The van der Waals surface area contributed by atoms with Gasteiger partial charge >= 0.3 is 5.97 Å². The second kappa shape index (κ2) is 3.32. The Morgan fingerprint density at radius 2 is 2.55 bits per heavy atom. The van der Waals surface area contributed by atoms with Crippen LogP contribution in [0.5, 0.6) is 0 Å². The van der Waals surface area contributed by atoms with E-state index in [4.69, 9.17) is 4.74 Å². The van der Waals surface area contributed by atoms with Crippen molar-refractivity contribution in [3.63, 3.8) is 0 Å². The van der Waals surface area contributed by atoms with Gasteiger partial charge in [0.1, 0.15) is 0 Å². The van der Waals surface area contributed by atoms with Crippen molar-refractivity contribution in [1.29, 1.82) is 0 Å². The molecule has 0 spiro atoms. The van der Waals surface area contributed by atoms with Gasteiger partial charge in [-0.25, -0.2) is 4.79 Å². The molecule has 1 aliphatic rings. The number of nitrogens with zero attached hydrogens (tertiary/aromatic N) is 1. The van der Waals surface area contributed by atoms with Crippen molar-refractivity contribution in [3.8, 4) is 0 Å². The van der Waals surface area contributed by atoms with Crippen LogP contribution in [-0.2, 0) is 9.53 Å². The summed E-state index contributed by atoms with van der Waals surface area (Å²) in [5, 5.41) is 0. The van der Waals surface area contributed by atoms with Gasteiger partial charge in [-0.05, 0) is 19.4 Å². The molecule has 1 heterocycles. The number of hydrogen-bond acceptors (Lipinski definition) is 3. The van der Waals surface area contributed by atoms with Crippen LogP contribution in [0.25, 0.3) is 0 Å². The molecule has 3 heteroatoms. The third-order valence-corrected chi connectivity index (χ3v) is 1.50. The van der Waals surface area contributed by atoms with Gasteiger partial charge in [-0.3, -0.25) is 4.99 Å². The number of hydrogen-bond donors (Lipinski definition) is 0. The van der Waals surface area contributed by atoms with Crippen LogP contribution in [-0.4, -0.2) is 25.3 Å². The van der Waals surface area contributed by atoms with Gasteiger partial charge in [-0.2, -0.15) is 0 Å². The van der Waals surface area contributed by atoms with Crippen LogP contribution < -0.4 is 0 Å². The summed E-state index contributed by atoms with van der Waals surface area (Å²) in [6, 6.07) is 0. The van der Waals surface area contributed by atoms with E-state index in [9.17, 15) is 4.79 Å². The summed E-state index contributed by atoms with van der Waals surface area (Å²) >= 11 is 0. The highest BCUT2D eigenvalue weighted by molar-refractivity contribution is 6.11. The largest absolute Gasteiger partial charge is 0.462 e. The van der Waals surface area contributed by atoms with Crippen molar-refractivity contribution in [1.82, 2.24) is 0 Å². The van der Waals surface area contributed by atoms with Gasteiger partial charge < -0.3 is 4.74 Å². The molecule has 1 aliphatic heterocycles. The molecule has 0 aromatic carbocycles. The lowest BCUT2D eigenvalue weighted by atomic mass is 10.2. The van der Waals surface area contributed by atoms with Crippen molar-refractivity contribution in [2.24, 2.45) is 4.99 Å². The first-order valence-electron chi connectivity index (χ1n) is 3.62. The van der Waals surface area contributed by atoms with Crippen LogP contribution in [0.15, 0.2) is 16.1 Å². The molecule has 0 N–H and O–H groups in total. The highest BCUT2D eigenvalue weighted by atomic mass is 16.5. The SMILES string of the molecule is CCOC(=O)C1=C(C)CN=C1. The minimum Gasteiger partial charge on any atom is -0.462 e. The fourth-order valence-corrected chi connectivity index (χ4v) is 0.905. The van der Waals surface area contributed by atoms with E-state index in [1.54, 1.807) is 13.1 Å². The fraction of sp³-hybridized carbons (Fsp3) is 0.500. The summed E-state index contributed by atoms with van der Waals surface area (Å²) in [7, 11) is 0. The highest BCUT2D eigenvalue weighted by Crippen LogP contribution is 2.10. The Hall–Kier alpha value is -1.12. The quantitative estimate of drug-likeness (QED) is 0.554. The maximum absolute atomic E-state index is 11.1. The summed E-state index contributed by atoms with van der Waals surface area (Å²) in [5.41, 5.74) is 1.61. The third kappa shape index (κ3) is 1.67. The van der Waals surface area contributed by atoms with E-state index < -0.39 is 0 Å². The molecule has 0 radical (unpaired) electrons. The zero-order chi connectivity index (χ0) is 8.27. The molecular weight excluding hydrogens is 142 g/mol. The van der Waals surface area contributed by atoms with E-state index in [0.717, 1.165) is 5.57 Å². The number of aliphatic imine (C=N–C) groups is 1. The van der Waals surface area contributed by atoms with Crippen molar-refractivity contribution < 1.29 is 9.53 Å². The fourth-order valence-electron chi connectivity index (χ4n) is 0.905. The second-order valence-corrected chi connectivity index (χ2v) is 2.38. The Bertz CT molecular complexity index is 228. The van der Waals surface area contributed by atoms with Gasteiger partial charge in [0.05, 0.1) is 18.7 Å². The third-order valence-electron chi connectivity index (χ3n) is 1.50. The van der Waals surface area contributed by atoms with Crippen molar-refractivity contribution in [3.05, 3.63) is 11.1 Å². The lowest BCUT2D eigenvalue weighted by molar-refractivity contribution is -0.137. The summed E-state index contributed by atoms with van der Waals surface area (Å²) < 4.78 is 4.81. The number of carbonyl (C=O) groups is 1. The molecule has 0 aromatic rings. The summed E-state index contributed by atoms with van der Waals surface area (Å²) in [6.45, 7) is 4.73. The molecule has 0 fully saturated rings. The monoisotopic (exact) mass is 153 g/mol. The molecule has 0 aliphatic carbocycles. The van der Waals surface area contributed by atoms with Crippen molar-refractivity contribution >= 4 is 12.2 Å². The van der Waals surface area contributed by atoms with Crippen LogP contribution in [0.3, 0.4) is 0 Å². The Morgan fingerprint density at radius 3 is 3.00 bits per heavy atom. The van der Waals surface area contributed by atoms with E-state index in [2.05, 4.69) is 4.99 Å². The van der Waals surface area contributed by atoms with Crippen molar-refractivity contribution in [2.45, 2.75) is 13.8 Å². The minimum absolute atomic E-state index is 0.258. The summed E-state index contributed by atoms with van der Waals surface area (Å²) in [6.07, 6.45) is 1.58. The maximum Gasteiger partial charge on any atom is 0.339 e. The van der Waals surface area contributed by atoms with Crippen LogP contribution in [0.4, 0.5) is 0 Å². The minimum atomic E-state index is -0.258.